The number of rotatable bonds is 2. The van der Waals surface area contributed by atoms with E-state index in [1.54, 1.807) is 18.2 Å². The molecule has 7 heteroatoms. The SMILES string of the molecule is Oc1cccc(NC(=S)N=Nc2c(O)[nH]c3ccccc23)c1. The first-order chi connectivity index (χ1) is 10.6. The molecule has 6 nitrogen and oxygen atoms in total. The van der Waals surface area contributed by atoms with Crippen molar-refractivity contribution in [2.45, 2.75) is 0 Å². The first-order valence-corrected chi connectivity index (χ1v) is 6.86. The second-order valence-corrected chi connectivity index (χ2v) is 4.93. The molecule has 0 bridgehead atoms. The van der Waals surface area contributed by atoms with E-state index in [2.05, 4.69) is 20.5 Å². The Morgan fingerprint density at radius 3 is 2.73 bits per heavy atom. The quantitative estimate of drug-likeness (QED) is 0.424. The zero-order chi connectivity index (χ0) is 15.5. The standard InChI is InChI=1S/C15H12N4O2S/c20-10-5-3-4-9(8-10)16-15(22)19-18-13-11-6-1-2-7-12(11)17-14(13)21/h1-8,17,20-21H,(H,16,22). The molecule has 0 aliphatic rings. The Bertz CT molecular complexity index is 873. The minimum atomic E-state index is -0.0647. The van der Waals surface area contributed by atoms with Crippen LogP contribution in [0.15, 0.2) is 58.8 Å². The molecule has 0 saturated heterocycles. The Labute approximate surface area is 131 Å². The zero-order valence-corrected chi connectivity index (χ0v) is 12.1. The molecule has 0 radical (unpaired) electrons. The van der Waals surface area contributed by atoms with E-state index >= 15 is 0 Å². The molecule has 0 fully saturated rings. The van der Waals surface area contributed by atoms with Crippen molar-refractivity contribution in [3.63, 3.8) is 0 Å². The van der Waals surface area contributed by atoms with Gasteiger partial charge < -0.3 is 20.5 Å². The second-order valence-electron chi connectivity index (χ2n) is 4.55. The fourth-order valence-electron chi connectivity index (χ4n) is 2.04. The van der Waals surface area contributed by atoms with Crippen molar-refractivity contribution >= 4 is 39.6 Å². The molecule has 0 amide bonds. The van der Waals surface area contributed by atoms with Crippen molar-refractivity contribution in [2.24, 2.45) is 10.2 Å². The molecule has 3 aromatic rings. The highest BCUT2D eigenvalue weighted by atomic mass is 32.1. The van der Waals surface area contributed by atoms with E-state index in [0.29, 0.717) is 11.4 Å². The molecular formula is C15H12N4O2S. The summed E-state index contributed by atoms with van der Waals surface area (Å²) >= 11 is 5.07. The third-order valence-electron chi connectivity index (χ3n) is 3.00. The maximum Gasteiger partial charge on any atom is 0.218 e. The molecule has 2 aromatic carbocycles. The number of nitrogens with one attached hydrogen (secondary N) is 2. The largest absolute Gasteiger partial charge is 0.508 e. The van der Waals surface area contributed by atoms with Gasteiger partial charge in [-0.05, 0) is 30.4 Å². The number of thiocarbonyl (C=S) groups is 1. The van der Waals surface area contributed by atoms with E-state index in [1.165, 1.54) is 6.07 Å². The van der Waals surface area contributed by atoms with Crippen LogP contribution in [-0.4, -0.2) is 20.3 Å². The lowest BCUT2D eigenvalue weighted by Gasteiger charge is -2.02. The predicted molar refractivity (Wildman–Crippen MR) is 88.8 cm³/mol. The number of phenols is 1. The number of H-pyrrole nitrogens is 1. The molecule has 0 unspecified atom stereocenters. The number of phenolic OH excluding ortho intramolecular Hbond substituents is 1. The Kier molecular flexibility index (Phi) is 3.71. The van der Waals surface area contributed by atoms with Gasteiger partial charge in [0.15, 0.2) is 5.69 Å². The summed E-state index contributed by atoms with van der Waals surface area (Å²) < 4.78 is 0. The Balaban J connectivity index is 1.81. The van der Waals surface area contributed by atoms with Gasteiger partial charge in [-0.3, -0.25) is 0 Å². The van der Waals surface area contributed by atoms with Gasteiger partial charge >= 0.3 is 0 Å². The molecule has 1 aromatic heterocycles. The highest BCUT2D eigenvalue weighted by Gasteiger charge is 2.09. The van der Waals surface area contributed by atoms with Gasteiger partial charge in [-0.2, -0.15) is 0 Å². The maximum atomic E-state index is 9.87. The molecule has 4 N–H and O–H groups in total. The number of hydrogen-bond acceptors (Lipinski definition) is 4. The van der Waals surface area contributed by atoms with Gasteiger partial charge in [0, 0.05) is 17.1 Å². The van der Waals surface area contributed by atoms with Crippen molar-refractivity contribution in [3.8, 4) is 11.6 Å². The molecule has 110 valence electrons. The highest BCUT2D eigenvalue weighted by Crippen LogP contribution is 2.35. The van der Waals surface area contributed by atoms with Crippen molar-refractivity contribution < 1.29 is 10.2 Å². The summed E-state index contributed by atoms with van der Waals surface area (Å²) in [7, 11) is 0. The van der Waals surface area contributed by atoms with E-state index in [1.807, 2.05) is 24.3 Å². The van der Waals surface area contributed by atoms with Gasteiger partial charge in [-0.15, -0.1) is 10.2 Å². The minimum Gasteiger partial charge on any atom is -0.508 e. The lowest BCUT2D eigenvalue weighted by atomic mass is 10.2. The molecule has 0 saturated carbocycles. The number of para-hydroxylation sites is 1. The third kappa shape index (κ3) is 2.89. The van der Waals surface area contributed by atoms with Crippen molar-refractivity contribution in [2.75, 3.05) is 5.32 Å². The lowest BCUT2D eigenvalue weighted by Crippen LogP contribution is -2.04. The van der Waals surface area contributed by atoms with Crippen LogP contribution in [0.25, 0.3) is 10.9 Å². The molecule has 0 atom stereocenters. The lowest BCUT2D eigenvalue weighted by molar-refractivity contribution is 0.459. The number of aromatic amines is 1. The van der Waals surface area contributed by atoms with Crippen LogP contribution < -0.4 is 5.32 Å². The third-order valence-corrected chi connectivity index (χ3v) is 3.18. The van der Waals surface area contributed by atoms with Crippen LogP contribution in [-0.2, 0) is 0 Å². The van der Waals surface area contributed by atoms with E-state index < -0.39 is 0 Å². The number of aromatic hydroxyl groups is 2. The highest BCUT2D eigenvalue weighted by molar-refractivity contribution is 7.80. The fraction of sp³-hybridized carbons (Fsp3) is 0. The number of benzene rings is 2. The smallest absolute Gasteiger partial charge is 0.218 e. The minimum absolute atomic E-state index is 0.0647. The average Bonchev–Trinajstić information content (AvgIpc) is 2.80. The van der Waals surface area contributed by atoms with E-state index in [9.17, 15) is 10.2 Å². The van der Waals surface area contributed by atoms with Gasteiger partial charge in [0.1, 0.15) is 5.75 Å². The van der Waals surface area contributed by atoms with Crippen LogP contribution in [0.2, 0.25) is 0 Å². The van der Waals surface area contributed by atoms with Crippen LogP contribution in [0.3, 0.4) is 0 Å². The van der Waals surface area contributed by atoms with Crippen molar-refractivity contribution in [1.29, 1.82) is 0 Å². The monoisotopic (exact) mass is 312 g/mol. The number of azo groups is 1. The fourth-order valence-corrected chi connectivity index (χ4v) is 2.20. The second kappa shape index (κ2) is 5.82. The Hall–Kier alpha value is -2.93. The number of anilines is 1. The topological polar surface area (TPSA) is 93.0 Å². The molecular weight excluding hydrogens is 300 g/mol. The summed E-state index contributed by atoms with van der Waals surface area (Å²) in [6.07, 6.45) is 0. The van der Waals surface area contributed by atoms with E-state index in [4.69, 9.17) is 12.2 Å². The summed E-state index contributed by atoms with van der Waals surface area (Å²) in [6, 6.07) is 13.9. The summed E-state index contributed by atoms with van der Waals surface area (Å²) in [5, 5.41) is 30.8. The normalized spacial score (nSPS) is 11.1. The molecule has 1 heterocycles. The van der Waals surface area contributed by atoms with Gasteiger partial charge in [-0.25, -0.2) is 0 Å². The molecule has 22 heavy (non-hydrogen) atoms. The number of nitrogens with zero attached hydrogens (tertiary/aromatic N) is 2. The van der Waals surface area contributed by atoms with Crippen LogP contribution >= 0.6 is 12.2 Å². The molecule has 3 rings (SSSR count). The first-order valence-electron chi connectivity index (χ1n) is 6.45. The van der Waals surface area contributed by atoms with Gasteiger partial charge in [0.2, 0.25) is 11.0 Å². The van der Waals surface area contributed by atoms with Crippen LogP contribution in [0.5, 0.6) is 11.6 Å². The van der Waals surface area contributed by atoms with E-state index in [0.717, 1.165) is 10.9 Å². The number of hydrogen-bond donors (Lipinski definition) is 4. The molecule has 0 aliphatic carbocycles. The number of fused-ring (bicyclic) bond motifs is 1. The first kappa shape index (κ1) is 14.0. The van der Waals surface area contributed by atoms with Gasteiger partial charge in [0.25, 0.3) is 0 Å². The summed E-state index contributed by atoms with van der Waals surface area (Å²) in [5.74, 6) is 0.0594. The van der Waals surface area contributed by atoms with Gasteiger partial charge in [0.05, 0.1) is 5.52 Å². The zero-order valence-electron chi connectivity index (χ0n) is 11.3. The molecule has 0 spiro atoms. The maximum absolute atomic E-state index is 9.87. The Morgan fingerprint density at radius 1 is 1.09 bits per heavy atom. The Morgan fingerprint density at radius 2 is 1.91 bits per heavy atom. The van der Waals surface area contributed by atoms with Crippen LogP contribution in [0.1, 0.15) is 0 Å². The summed E-state index contributed by atoms with van der Waals surface area (Å²) in [6.45, 7) is 0. The summed E-state index contributed by atoms with van der Waals surface area (Å²) in [4.78, 5) is 2.81. The van der Waals surface area contributed by atoms with Crippen LogP contribution in [0.4, 0.5) is 11.4 Å². The van der Waals surface area contributed by atoms with Crippen LogP contribution in [0, 0.1) is 0 Å². The van der Waals surface area contributed by atoms with Gasteiger partial charge in [-0.1, -0.05) is 24.3 Å². The summed E-state index contributed by atoms with van der Waals surface area (Å²) in [5.41, 5.74) is 1.70. The number of aromatic nitrogens is 1. The predicted octanol–water partition coefficient (Wildman–Crippen LogP) is 4.06. The average molecular weight is 312 g/mol. The van der Waals surface area contributed by atoms with Crippen molar-refractivity contribution in [3.05, 3.63) is 48.5 Å². The van der Waals surface area contributed by atoms with Crippen molar-refractivity contribution in [1.82, 2.24) is 4.98 Å². The molecule has 0 aliphatic heterocycles. The van der Waals surface area contributed by atoms with E-state index in [-0.39, 0.29) is 16.7 Å².